The average molecular weight is 619 g/mol. The largest absolute Gasteiger partial charge is 0.495 e. The van der Waals surface area contributed by atoms with E-state index in [0.717, 1.165) is 30.0 Å². The molecule has 4 rings (SSSR count). The maximum Gasteiger partial charge on any atom is 0.264 e. The van der Waals surface area contributed by atoms with E-state index in [1.165, 1.54) is 36.3 Å². The number of hydrogen-bond acceptors (Lipinski definition) is 5. The summed E-state index contributed by atoms with van der Waals surface area (Å²) in [5.41, 5.74) is 0.721. The lowest BCUT2D eigenvalue weighted by molar-refractivity contribution is -0.139. The second-order valence-electron chi connectivity index (χ2n) is 9.92. The smallest absolute Gasteiger partial charge is 0.264 e. The summed E-state index contributed by atoms with van der Waals surface area (Å²) in [6.45, 7) is 1.03. The van der Waals surface area contributed by atoms with Crippen LogP contribution in [0.1, 0.15) is 38.2 Å². The zero-order valence-corrected chi connectivity index (χ0v) is 25.3. The molecule has 1 atom stereocenters. The van der Waals surface area contributed by atoms with Gasteiger partial charge in [0.2, 0.25) is 11.8 Å². The predicted molar refractivity (Wildman–Crippen MR) is 161 cm³/mol. The molecule has 1 unspecified atom stereocenters. The lowest BCUT2D eigenvalue weighted by Crippen LogP contribution is -2.52. The van der Waals surface area contributed by atoms with Crippen molar-refractivity contribution in [2.45, 2.75) is 56.1 Å². The minimum Gasteiger partial charge on any atom is -0.495 e. The maximum atomic E-state index is 14.1. The molecule has 0 spiro atoms. The molecule has 1 saturated carbocycles. The van der Waals surface area contributed by atoms with E-state index in [1.54, 1.807) is 55.5 Å². The van der Waals surface area contributed by atoms with Crippen molar-refractivity contribution in [1.29, 1.82) is 0 Å². The van der Waals surface area contributed by atoms with E-state index >= 15 is 0 Å². The van der Waals surface area contributed by atoms with Crippen LogP contribution in [0.3, 0.4) is 0 Å². The van der Waals surface area contributed by atoms with Gasteiger partial charge in [-0.1, -0.05) is 72.4 Å². The van der Waals surface area contributed by atoms with Gasteiger partial charge in [-0.2, -0.15) is 0 Å². The number of benzene rings is 3. The summed E-state index contributed by atoms with van der Waals surface area (Å²) in [5.74, 6) is -0.693. The van der Waals surface area contributed by atoms with Gasteiger partial charge in [0.15, 0.2) is 0 Å². The van der Waals surface area contributed by atoms with E-state index in [1.807, 2.05) is 0 Å². The molecule has 0 aliphatic heterocycles. The van der Waals surface area contributed by atoms with Crippen LogP contribution in [0.25, 0.3) is 0 Å². The molecule has 0 radical (unpaired) electrons. The van der Waals surface area contributed by atoms with E-state index in [9.17, 15) is 18.0 Å². The highest BCUT2D eigenvalue weighted by atomic mass is 35.5. The Morgan fingerprint density at radius 3 is 2.32 bits per heavy atom. The Bertz CT molecular complexity index is 1480. The molecule has 3 aromatic carbocycles. The quantitative estimate of drug-likeness (QED) is 0.299. The number of halogens is 2. The van der Waals surface area contributed by atoms with Crippen molar-refractivity contribution in [3.63, 3.8) is 0 Å². The number of hydrogen-bond donors (Lipinski definition) is 1. The van der Waals surface area contributed by atoms with Crippen molar-refractivity contribution in [1.82, 2.24) is 10.2 Å². The van der Waals surface area contributed by atoms with E-state index in [4.69, 9.17) is 27.9 Å². The number of sulfonamides is 1. The third-order valence-corrected chi connectivity index (χ3v) is 9.56. The first-order chi connectivity index (χ1) is 19.6. The highest BCUT2D eigenvalue weighted by Crippen LogP contribution is 2.35. The van der Waals surface area contributed by atoms with Crippen LogP contribution in [0, 0.1) is 0 Å². The summed E-state index contributed by atoms with van der Waals surface area (Å²) in [5, 5.41) is 3.74. The molecule has 11 heteroatoms. The van der Waals surface area contributed by atoms with Gasteiger partial charge in [0, 0.05) is 22.6 Å². The summed E-state index contributed by atoms with van der Waals surface area (Å²) in [7, 11) is -2.85. The van der Waals surface area contributed by atoms with Gasteiger partial charge in [0.1, 0.15) is 18.3 Å². The second kappa shape index (κ2) is 13.6. The van der Waals surface area contributed by atoms with Crippen LogP contribution in [0.4, 0.5) is 5.69 Å². The zero-order valence-electron chi connectivity index (χ0n) is 22.9. The zero-order chi connectivity index (χ0) is 29.6. The lowest BCUT2D eigenvalue weighted by atomic mass is 10.1. The molecule has 218 valence electrons. The standard InChI is InChI=1S/C30H33Cl2N3O5S/c1-21(30(37)33-24-11-7-8-12-24)34(19-22-10-6-9-15-26(22)32)29(36)20-35(27-18-23(31)16-17-28(27)40-2)41(38,39)25-13-4-3-5-14-25/h3-6,9-10,13-18,21,24H,7-8,11-12,19-20H2,1-2H3,(H,33,37). The molecular formula is C30H33Cl2N3O5S. The Balaban J connectivity index is 1.74. The Labute approximate surface area is 251 Å². The number of rotatable bonds is 11. The van der Waals surface area contributed by atoms with Crippen molar-refractivity contribution in [3.8, 4) is 5.75 Å². The molecule has 1 aliphatic carbocycles. The first-order valence-electron chi connectivity index (χ1n) is 13.4. The lowest BCUT2D eigenvalue weighted by Gasteiger charge is -2.33. The fraction of sp³-hybridized carbons (Fsp3) is 0.333. The van der Waals surface area contributed by atoms with Gasteiger partial charge < -0.3 is 15.0 Å². The number of anilines is 1. The summed E-state index contributed by atoms with van der Waals surface area (Å²) >= 11 is 12.7. The van der Waals surface area contributed by atoms with E-state index in [0.29, 0.717) is 10.6 Å². The molecule has 0 aromatic heterocycles. The Hall–Kier alpha value is -3.27. The number of nitrogens with one attached hydrogen (secondary N) is 1. The molecule has 1 fully saturated rings. The number of ether oxygens (including phenoxy) is 1. The maximum absolute atomic E-state index is 14.1. The van der Waals surface area contributed by atoms with Gasteiger partial charge in [0.25, 0.3) is 10.0 Å². The molecule has 0 saturated heterocycles. The van der Waals surface area contributed by atoms with Crippen molar-refractivity contribution < 1.29 is 22.7 Å². The van der Waals surface area contributed by atoms with E-state index < -0.39 is 28.5 Å². The fourth-order valence-corrected chi connectivity index (χ4v) is 6.68. The van der Waals surface area contributed by atoms with Crippen LogP contribution < -0.4 is 14.4 Å². The highest BCUT2D eigenvalue weighted by molar-refractivity contribution is 7.92. The number of carbonyl (C=O) groups is 2. The number of nitrogens with zero attached hydrogens (tertiary/aromatic N) is 2. The van der Waals surface area contributed by atoms with Crippen LogP contribution in [-0.4, -0.2) is 50.9 Å². The van der Waals surface area contributed by atoms with Gasteiger partial charge in [0.05, 0.1) is 17.7 Å². The van der Waals surface area contributed by atoms with E-state index in [-0.39, 0.29) is 39.8 Å². The molecular weight excluding hydrogens is 585 g/mol. The van der Waals surface area contributed by atoms with Crippen LogP contribution in [0.15, 0.2) is 77.7 Å². The summed E-state index contributed by atoms with van der Waals surface area (Å²) < 4.78 is 34.4. The average Bonchev–Trinajstić information content (AvgIpc) is 3.48. The summed E-state index contributed by atoms with van der Waals surface area (Å²) in [6.07, 6.45) is 3.84. The van der Waals surface area contributed by atoms with E-state index in [2.05, 4.69) is 5.32 Å². The molecule has 8 nitrogen and oxygen atoms in total. The predicted octanol–water partition coefficient (Wildman–Crippen LogP) is 5.67. The Kier molecular flexibility index (Phi) is 10.2. The Morgan fingerprint density at radius 2 is 1.66 bits per heavy atom. The summed E-state index contributed by atoms with van der Waals surface area (Å²) in [4.78, 5) is 28.8. The minimum atomic E-state index is -4.26. The fourth-order valence-electron chi connectivity index (χ4n) is 4.88. The normalized spacial score (nSPS) is 14.3. The van der Waals surface area contributed by atoms with Crippen LogP contribution in [-0.2, 0) is 26.2 Å². The third kappa shape index (κ3) is 7.33. The van der Waals surface area contributed by atoms with Gasteiger partial charge in [-0.25, -0.2) is 8.42 Å². The molecule has 41 heavy (non-hydrogen) atoms. The molecule has 1 aliphatic rings. The molecule has 3 aromatic rings. The second-order valence-corrected chi connectivity index (χ2v) is 12.6. The van der Waals surface area contributed by atoms with Crippen LogP contribution in [0.2, 0.25) is 10.0 Å². The third-order valence-electron chi connectivity index (χ3n) is 7.19. The SMILES string of the molecule is COc1ccc(Cl)cc1N(CC(=O)N(Cc1ccccc1Cl)C(C)C(=O)NC1CCCC1)S(=O)(=O)c1ccccc1. The summed E-state index contributed by atoms with van der Waals surface area (Å²) in [6, 6.07) is 18.5. The molecule has 0 heterocycles. The first-order valence-corrected chi connectivity index (χ1v) is 15.6. The number of methoxy groups -OCH3 is 1. The molecule has 1 N–H and O–H groups in total. The van der Waals surface area contributed by atoms with Crippen LogP contribution in [0.5, 0.6) is 5.75 Å². The van der Waals surface area contributed by atoms with Gasteiger partial charge >= 0.3 is 0 Å². The Morgan fingerprint density at radius 1 is 1.00 bits per heavy atom. The van der Waals surface area contributed by atoms with Crippen molar-refractivity contribution in [2.24, 2.45) is 0 Å². The van der Waals surface area contributed by atoms with Gasteiger partial charge in [-0.3, -0.25) is 13.9 Å². The number of carbonyl (C=O) groups excluding carboxylic acids is 2. The monoisotopic (exact) mass is 617 g/mol. The number of amides is 2. The van der Waals surface area contributed by atoms with Crippen molar-refractivity contribution in [2.75, 3.05) is 18.0 Å². The topological polar surface area (TPSA) is 96.0 Å². The van der Waals surface area contributed by atoms with Crippen molar-refractivity contribution in [3.05, 3.63) is 88.4 Å². The van der Waals surface area contributed by atoms with Gasteiger partial charge in [-0.05, 0) is 61.7 Å². The van der Waals surface area contributed by atoms with Crippen LogP contribution >= 0.6 is 23.2 Å². The minimum absolute atomic E-state index is 0.00364. The van der Waals surface area contributed by atoms with Crippen molar-refractivity contribution >= 4 is 50.7 Å². The molecule has 0 bridgehead atoms. The van der Waals surface area contributed by atoms with Gasteiger partial charge in [-0.15, -0.1) is 0 Å². The highest BCUT2D eigenvalue weighted by Gasteiger charge is 2.34. The first kappa shape index (κ1) is 30.7. The molecule has 2 amide bonds.